The summed E-state index contributed by atoms with van der Waals surface area (Å²) in [5, 5.41) is 17.5. The van der Waals surface area contributed by atoms with Gasteiger partial charge in [0.05, 0.1) is 11.3 Å². The van der Waals surface area contributed by atoms with E-state index in [1.807, 2.05) is 13.8 Å². The molecule has 0 aliphatic heterocycles. The maximum absolute atomic E-state index is 11.3. The minimum atomic E-state index is -0.975. The van der Waals surface area contributed by atoms with Gasteiger partial charge in [-0.2, -0.15) is 0 Å². The average Bonchev–Trinajstić information content (AvgIpc) is 2.82. The topological polar surface area (TPSA) is 89.1 Å². The maximum atomic E-state index is 11.3. The van der Waals surface area contributed by atoms with Gasteiger partial charge in [-0.05, 0) is 25.5 Å². The number of aromatic nitrogens is 3. The Morgan fingerprint density at radius 2 is 2.05 bits per heavy atom. The van der Waals surface area contributed by atoms with E-state index in [0.29, 0.717) is 34.5 Å². The van der Waals surface area contributed by atoms with Crippen LogP contribution in [0.15, 0.2) is 15.5 Å². The molecule has 0 saturated carbocycles. The van der Waals surface area contributed by atoms with Gasteiger partial charge in [-0.1, -0.05) is 18.7 Å². The fraction of sp³-hybridized carbons (Fsp3) is 0.385. The highest BCUT2D eigenvalue weighted by Crippen LogP contribution is 2.27. The van der Waals surface area contributed by atoms with Crippen molar-refractivity contribution < 1.29 is 14.3 Å². The van der Waals surface area contributed by atoms with Crippen LogP contribution in [0, 0.1) is 13.8 Å². The number of hydrogen-bond donors (Lipinski definition) is 1. The van der Waals surface area contributed by atoms with Crippen LogP contribution < -0.4 is 0 Å². The molecule has 2 aromatic rings. The van der Waals surface area contributed by atoms with E-state index in [9.17, 15) is 9.90 Å². The molecule has 2 heterocycles. The lowest BCUT2D eigenvalue weighted by molar-refractivity contribution is 0.0691. The zero-order valence-corrected chi connectivity index (χ0v) is 12.3. The van der Waals surface area contributed by atoms with E-state index in [1.165, 1.54) is 11.8 Å². The third-order valence-electron chi connectivity index (χ3n) is 2.67. The number of aromatic carboxylic acids is 1. The van der Waals surface area contributed by atoms with Crippen molar-refractivity contribution in [1.82, 2.24) is 15.2 Å². The number of nitrogens with zero attached hydrogens (tertiary/aromatic N) is 3. The molecule has 0 aliphatic carbocycles. The van der Waals surface area contributed by atoms with Crippen LogP contribution >= 0.6 is 11.8 Å². The first-order valence-corrected chi connectivity index (χ1v) is 7.15. The Kier molecular flexibility index (Phi) is 4.39. The number of carboxylic acid groups (broad SMARTS) is 1. The summed E-state index contributed by atoms with van der Waals surface area (Å²) in [7, 11) is 0. The molecule has 1 N–H and O–H groups in total. The lowest BCUT2D eigenvalue weighted by Gasteiger charge is -2.08. The fourth-order valence-corrected chi connectivity index (χ4v) is 2.76. The largest absolute Gasteiger partial charge is 0.478 e. The SMILES string of the molecule is CCc1nnc(CSc2nc(C)cc(C)c2C(=O)O)o1. The van der Waals surface area contributed by atoms with E-state index >= 15 is 0 Å². The van der Waals surface area contributed by atoms with Gasteiger partial charge < -0.3 is 9.52 Å². The fourth-order valence-electron chi connectivity index (χ4n) is 1.79. The second kappa shape index (κ2) is 6.04. The number of thioether (sulfide) groups is 1. The molecule has 0 aromatic carbocycles. The lowest BCUT2D eigenvalue weighted by atomic mass is 10.1. The molecule has 7 heteroatoms. The molecule has 20 heavy (non-hydrogen) atoms. The summed E-state index contributed by atoms with van der Waals surface area (Å²) in [5.74, 6) is 0.484. The van der Waals surface area contributed by atoms with Crippen molar-refractivity contribution in [3.63, 3.8) is 0 Å². The van der Waals surface area contributed by atoms with Crippen LogP contribution in [0.5, 0.6) is 0 Å². The number of carbonyl (C=O) groups is 1. The van der Waals surface area contributed by atoms with Crippen LogP contribution in [0.25, 0.3) is 0 Å². The Morgan fingerprint density at radius 1 is 1.35 bits per heavy atom. The van der Waals surface area contributed by atoms with Crippen molar-refractivity contribution in [3.05, 3.63) is 34.7 Å². The zero-order valence-electron chi connectivity index (χ0n) is 11.5. The van der Waals surface area contributed by atoms with Gasteiger partial charge in [0.2, 0.25) is 11.8 Å². The number of rotatable bonds is 5. The van der Waals surface area contributed by atoms with Crippen molar-refractivity contribution in [2.24, 2.45) is 0 Å². The number of carboxylic acids is 1. The molecule has 106 valence electrons. The molecular formula is C13H15N3O3S. The Morgan fingerprint density at radius 3 is 2.65 bits per heavy atom. The van der Waals surface area contributed by atoms with Crippen molar-refractivity contribution in [2.75, 3.05) is 0 Å². The molecule has 2 rings (SSSR count). The van der Waals surface area contributed by atoms with Crippen LogP contribution in [0.3, 0.4) is 0 Å². The predicted molar refractivity (Wildman–Crippen MR) is 73.9 cm³/mol. The standard InChI is InChI=1S/C13H15N3O3S/c1-4-9-15-16-10(19-9)6-20-12-11(13(17)18)7(2)5-8(3)14-12/h5H,4,6H2,1-3H3,(H,17,18). The lowest BCUT2D eigenvalue weighted by Crippen LogP contribution is -2.05. The molecule has 0 unspecified atom stereocenters. The van der Waals surface area contributed by atoms with E-state index in [2.05, 4.69) is 15.2 Å². The Balaban J connectivity index is 2.22. The Hall–Kier alpha value is -1.89. The third-order valence-corrected chi connectivity index (χ3v) is 3.63. The minimum Gasteiger partial charge on any atom is -0.478 e. The molecular weight excluding hydrogens is 278 g/mol. The molecule has 0 spiro atoms. The van der Waals surface area contributed by atoms with Crippen molar-refractivity contribution in [2.45, 2.75) is 38.0 Å². The van der Waals surface area contributed by atoms with Gasteiger partial charge in [-0.25, -0.2) is 9.78 Å². The summed E-state index contributed by atoms with van der Waals surface area (Å²) >= 11 is 1.29. The molecule has 0 fully saturated rings. The monoisotopic (exact) mass is 293 g/mol. The maximum Gasteiger partial charge on any atom is 0.338 e. The second-order valence-corrected chi connectivity index (χ2v) is 5.26. The zero-order chi connectivity index (χ0) is 14.7. The first-order valence-electron chi connectivity index (χ1n) is 6.16. The second-order valence-electron chi connectivity index (χ2n) is 4.30. The first-order chi connectivity index (χ1) is 9.51. The molecule has 0 aliphatic rings. The van der Waals surface area contributed by atoms with Crippen molar-refractivity contribution in [3.8, 4) is 0 Å². The van der Waals surface area contributed by atoms with Gasteiger partial charge in [0.15, 0.2) is 0 Å². The highest BCUT2D eigenvalue weighted by Gasteiger charge is 2.17. The summed E-state index contributed by atoms with van der Waals surface area (Å²) in [6.07, 6.45) is 0.680. The molecule has 0 bridgehead atoms. The molecule has 0 amide bonds. The number of aryl methyl sites for hydroxylation is 3. The molecule has 0 atom stereocenters. The van der Waals surface area contributed by atoms with Crippen LogP contribution in [-0.4, -0.2) is 26.3 Å². The van der Waals surface area contributed by atoms with Gasteiger partial charge in [-0.15, -0.1) is 10.2 Å². The van der Waals surface area contributed by atoms with Crippen molar-refractivity contribution >= 4 is 17.7 Å². The quantitative estimate of drug-likeness (QED) is 0.847. The predicted octanol–water partition coefficient (Wildman–Crippen LogP) is 2.63. The molecule has 6 nitrogen and oxygen atoms in total. The molecule has 0 radical (unpaired) electrons. The summed E-state index contributed by atoms with van der Waals surface area (Å²) in [6.45, 7) is 5.53. The van der Waals surface area contributed by atoms with E-state index in [-0.39, 0.29) is 5.56 Å². The van der Waals surface area contributed by atoms with Gasteiger partial charge in [0.1, 0.15) is 5.03 Å². The van der Waals surface area contributed by atoms with Crippen LogP contribution in [0.4, 0.5) is 0 Å². The minimum absolute atomic E-state index is 0.232. The summed E-state index contributed by atoms with van der Waals surface area (Å²) in [5.41, 5.74) is 1.72. The first kappa shape index (κ1) is 14.5. The number of hydrogen-bond acceptors (Lipinski definition) is 6. The highest BCUT2D eigenvalue weighted by atomic mass is 32.2. The van der Waals surface area contributed by atoms with Gasteiger partial charge in [0.25, 0.3) is 0 Å². The third kappa shape index (κ3) is 3.16. The molecule has 0 saturated heterocycles. The van der Waals surface area contributed by atoms with Gasteiger partial charge in [0, 0.05) is 12.1 Å². The average molecular weight is 293 g/mol. The van der Waals surface area contributed by atoms with E-state index in [1.54, 1.807) is 13.0 Å². The van der Waals surface area contributed by atoms with Crippen molar-refractivity contribution in [1.29, 1.82) is 0 Å². The van der Waals surface area contributed by atoms with Crippen LogP contribution in [0.2, 0.25) is 0 Å². The van der Waals surface area contributed by atoms with Gasteiger partial charge >= 0.3 is 5.97 Å². The normalized spacial score (nSPS) is 10.8. The number of pyridine rings is 1. The smallest absolute Gasteiger partial charge is 0.338 e. The summed E-state index contributed by atoms with van der Waals surface area (Å²) < 4.78 is 5.40. The van der Waals surface area contributed by atoms with E-state index in [4.69, 9.17) is 4.42 Å². The Bertz CT molecular complexity index is 640. The van der Waals surface area contributed by atoms with Crippen LogP contribution in [-0.2, 0) is 12.2 Å². The van der Waals surface area contributed by atoms with E-state index < -0.39 is 5.97 Å². The molecule has 2 aromatic heterocycles. The van der Waals surface area contributed by atoms with Crippen LogP contribution in [0.1, 0.15) is 40.3 Å². The summed E-state index contributed by atoms with van der Waals surface area (Å²) in [6, 6.07) is 1.76. The van der Waals surface area contributed by atoms with E-state index in [0.717, 1.165) is 5.69 Å². The summed E-state index contributed by atoms with van der Waals surface area (Å²) in [4.78, 5) is 15.6. The van der Waals surface area contributed by atoms with Gasteiger partial charge in [-0.3, -0.25) is 0 Å². The highest BCUT2D eigenvalue weighted by molar-refractivity contribution is 7.98. The Labute approximate surface area is 120 Å².